The van der Waals surface area contributed by atoms with E-state index < -0.39 is 53.7 Å². The minimum Gasteiger partial charge on any atom is -0.387 e. The number of hydrogen-bond acceptors (Lipinski definition) is 6. The van der Waals surface area contributed by atoms with Gasteiger partial charge in [-0.25, -0.2) is 8.78 Å². The molecule has 1 aromatic carbocycles. The highest BCUT2D eigenvalue weighted by molar-refractivity contribution is 5.23. The number of aliphatic hydroxyl groups excluding tert-OH is 2. The molecule has 0 aliphatic carbocycles. The Hall–Kier alpha value is -1.16. The summed E-state index contributed by atoms with van der Waals surface area (Å²) in [7, 11) is 0. The Morgan fingerprint density at radius 2 is 1.65 bits per heavy atom. The van der Waals surface area contributed by atoms with E-state index in [0.29, 0.717) is 6.07 Å². The molecule has 2 aliphatic heterocycles. The number of aliphatic hydroxyl groups is 2. The number of halogens is 2. The Morgan fingerprint density at radius 3 is 2.23 bits per heavy atom. The van der Waals surface area contributed by atoms with Crippen LogP contribution in [0.15, 0.2) is 18.2 Å². The van der Waals surface area contributed by atoms with Gasteiger partial charge in [0, 0.05) is 11.6 Å². The quantitative estimate of drug-likeness (QED) is 0.840. The minimum atomic E-state index is -1.47. The van der Waals surface area contributed by atoms with Crippen LogP contribution in [0.4, 0.5) is 8.78 Å². The largest absolute Gasteiger partial charge is 0.387 e. The minimum absolute atomic E-state index is 0.140. The molecule has 0 saturated carbocycles. The molecule has 1 aromatic rings. The zero-order valence-electron chi connectivity index (χ0n) is 15.1. The second kappa shape index (κ2) is 6.78. The van der Waals surface area contributed by atoms with E-state index in [1.165, 1.54) is 0 Å². The van der Waals surface area contributed by atoms with Crippen molar-refractivity contribution >= 4 is 0 Å². The lowest BCUT2D eigenvalue weighted by Crippen LogP contribution is -2.46. The number of benzene rings is 1. The van der Waals surface area contributed by atoms with Crippen molar-refractivity contribution in [3.63, 3.8) is 0 Å². The Balaban J connectivity index is 1.84. The van der Waals surface area contributed by atoms with Gasteiger partial charge >= 0.3 is 0 Å². The molecule has 5 atom stereocenters. The third-order valence-corrected chi connectivity index (χ3v) is 4.50. The van der Waals surface area contributed by atoms with Crippen molar-refractivity contribution in [3.05, 3.63) is 35.4 Å². The summed E-state index contributed by atoms with van der Waals surface area (Å²) in [4.78, 5) is 0. The maximum absolute atomic E-state index is 14.1. The fraction of sp³-hybridized carbons (Fsp3) is 0.667. The van der Waals surface area contributed by atoms with Crippen LogP contribution in [0.5, 0.6) is 0 Å². The zero-order valence-corrected chi connectivity index (χ0v) is 15.1. The molecule has 0 spiro atoms. The van der Waals surface area contributed by atoms with Crippen LogP contribution in [0.3, 0.4) is 0 Å². The summed E-state index contributed by atoms with van der Waals surface area (Å²) in [6.45, 7) is 6.82. The van der Waals surface area contributed by atoms with Gasteiger partial charge < -0.3 is 29.2 Å². The van der Waals surface area contributed by atoms with E-state index in [0.717, 1.165) is 12.1 Å². The maximum atomic E-state index is 14.1. The van der Waals surface area contributed by atoms with E-state index in [2.05, 4.69) is 0 Å². The smallest absolute Gasteiger partial charge is 0.164 e. The molecule has 2 saturated heterocycles. The summed E-state index contributed by atoms with van der Waals surface area (Å²) in [6.07, 6.45) is -5.41. The summed E-state index contributed by atoms with van der Waals surface area (Å²) in [5, 5.41) is 21.4. The van der Waals surface area contributed by atoms with Crippen LogP contribution in [0, 0.1) is 11.6 Å². The van der Waals surface area contributed by atoms with Gasteiger partial charge in [-0.05, 0) is 33.8 Å². The number of ether oxygens (including phenoxy) is 4. The number of rotatable bonds is 4. The molecule has 2 aliphatic rings. The van der Waals surface area contributed by atoms with Gasteiger partial charge in [-0.3, -0.25) is 0 Å². The highest BCUT2D eigenvalue weighted by Gasteiger charge is 2.52. The van der Waals surface area contributed by atoms with E-state index in [1.807, 2.05) is 0 Å². The first-order chi connectivity index (χ1) is 12.0. The van der Waals surface area contributed by atoms with E-state index >= 15 is 0 Å². The summed E-state index contributed by atoms with van der Waals surface area (Å²) in [6, 6.07) is 2.87. The van der Waals surface area contributed by atoms with E-state index in [-0.39, 0.29) is 12.2 Å². The lowest BCUT2D eigenvalue weighted by atomic mass is 9.95. The van der Waals surface area contributed by atoms with Crippen molar-refractivity contribution in [3.8, 4) is 0 Å². The van der Waals surface area contributed by atoms with Crippen molar-refractivity contribution in [1.82, 2.24) is 0 Å². The van der Waals surface area contributed by atoms with Crippen molar-refractivity contribution in [2.24, 2.45) is 0 Å². The van der Waals surface area contributed by atoms with Gasteiger partial charge in [-0.15, -0.1) is 0 Å². The van der Waals surface area contributed by atoms with Gasteiger partial charge in [0.25, 0.3) is 0 Å². The molecule has 6 nitrogen and oxygen atoms in total. The maximum Gasteiger partial charge on any atom is 0.164 e. The Kier molecular flexibility index (Phi) is 5.11. The molecule has 8 heteroatoms. The topological polar surface area (TPSA) is 77.4 Å². The first-order valence-corrected chi connectivity index (χ1v) is 8.47. The van der Waals surface area contributed by atoms with Gasteiger partial charge in [0.1, 0.15) is 42.2 Å². The van der Waals surface area contributed by atoms with Crippen LogP contribution in [0.2, 0.25) is 0 Å². The zero-order chi connectivity index (χ0) is 19.3. The van der Waals surface area contributed by atoms with Crippen LogP contribution >= 0.6 is 0 Å². The van der Waals surface area contributed by atoms with E-state index in [4.69, 9.17) is 18.9 Å². The summed E-state index contributed by atoms with van der Waals surface area (Å²) < 4.78 is 49.8. The SMILES string of the molecule is CC1(C)O[C@@H]([C@H](O)[C@H]2COC(C)(C)O2)[C@@H](C(O)c2ccc(F)cc2F)O1. The monoisotopic (exact) mass is 374 g/mol. The fourth-order valence-electron chi connectivity index (χ4n) is 3.34. The molecule has 1 unspecified atom stereocenters. The third-order valence-electron chi connectivity index (χ3n) is 4.50. The molecule has 0 radical (unpaired) electrons. The highest BCUT2D eigenvalue weighted by atomic mass is 19.1. The van der Waals surface area contributed by atoms with Crippen LogP contribution in [-0.4, -0.2) is 52.8 Å². The first kappa shape index (κ1) is 19.6. The molecular formula is C18H24F2O6. The lowest BCUT2D eigenvalue weighted by Gasteiger charge is -2.29. The fourth-order valence-corrected chi connectivity index (χ4v) is 3.34. The number of hydrogen-bond donors (Lipinski definition) is 2. The normalized spacial score (nSPS) is 32.5. The molecular weight excluding hydrogens is 350 g/mol. The van der Waals surface area contributed by atoms with E-state index in [9.17, 15) is 19.0 Å². The van der Waals surface area contributed by atoms with Crippen LogP contribution in [0.1, 0.15) is 39.4 Å². The lowest BCUT2D eigenvalue weighted by molar-refractivity contribution is -0.179. The Labute approximate surface area is 150 Å². The van der Waals surface area contributed by atoms with Crippen LogP contribution in [0.25, 0.3) is 0 Å². The summed E-state index contributed by atoms with van der Waals surface area (Å²) in [5.41, 5.74) is -0.140. The van der Waals surface area contributed by atoms with Crippen molar-refractivity contribution in [2.75, 3.05) is 6.61 Å². The molecule has 146 valence electrons. The predicted molar refractivity (Wildman–Crippen MR) is 86.1 cm³/mol. The van der Waals surface area contributed by atoms with Gasteiger partial charge in [-0.1, -0.05) is 6.07 Å². The molecule has 2 heterocycles. The Morgan fingerprint density at radius 1 is 1.00 bits per heavy atom. The van der Waals surface area contributed by atoms with Gasteiger partial charge in [0.05, 0.1) is 6.61 Å². The first-order valence-electron chi connectivity index (χ1n) is 8.47. The molecule has 2 fully saturated rings. The Bertz CT molecular complexity index is 665. The van der Waals surface area contributed by atoms with Gasteiger partial charge in [-0.2, -0.15) is 0 Å². The molecule has 2 N–H and O–H groups in total. The van der Waals surface area contributed by atoms with Crippen LogP contribution < -0.4 is 0 Å². The van der Waals surface area contributed by atoms with Gasteiger partial charge in [0.2, 0.25) is 0 Å². The van der Waals surface area contributed by atoms with Crippen molar-refractivity contribution in [2.45, 2.75) is 69.8 Å². The molecule has 0 amide bonds. The standard InChI is InChI=1S/C18H24F2O6/c1-17(2)23-8-12(24-17)14(22)16-15(25-18(3,4)26-16)13(21)10-6-5-9(19)7-11(10)20/h5-7,12-16,21-22H,8H2,1-4H3/t12-,13?,14-,15-,16+/m1/s1. The average Bonchev–Trinajstić information content (AvgIpc) is 3.05. The second-order valence-electron chi connectivity index (χ2n) is 7.53. The average molecular weight is 374 g/mol. The third kappa shape index (κ3) is 3.90. The van der Waals surface area contributed by atoms with Gasteiger partial charge in [0.15, 0.2) is 11.6 Å². The highest BCUT2D eigenvalue weighted by Crippen LogP contribution is 2.39. The van der Waals surface area contributed by atoms with Crippen molar-refractivity contribution in [1.29, 1.82) is 0 Å². The van der Waals surface area contributed by atoms with Crippen LogP contribution in [-0.2, 0) is 18.9 Å². The van der Waals surface area contributed by atoms with E-state index in [1.54, 1.807) is 27.7 Å². The predicted octanol–water partition coefficient (Wildman–Crippen LogP) is 2.03. The molecule has 26 heavy (non-hydrogen) atoms. The molecule has 0 bridgehead atoms. The van der Waals surface area contributed by atoms with Crippen molar-refractivity contribution < 1.29 is 37.9 Å². The molecule has 3 rings (SSSR count). The summed E-state index contributed by atoms with van der Waals surface area (Å²) >= 11 is 0. The summed E-state index contributed by atoms with van der Waals surface area (Å²) in [5.74, 6) is -3.61. The second-order valence-corrected chi connectivity index (χ2v) is 7.53. The molecule has 0 aromatic heterocycles.